The normalized spacial score (nSPS) is 10.3. The van der Waals surface area contributed by atoms with Crippen molar-refractivity contribution in [2.75, 3.05) is 0 Å². The molecule has 4 aromatic carbocycles. The van der Waals surface area contributed by atoms with Crippen molar-refractivity contribution in [1.82, 2.24) is 0 Å². The molecule has 10 heteroatoms. The number of rotatable bonds is 6. The minimum Gasteiger partial charge on any atom is -0.507 e. The Morgan fingerprint density at radius 2 is 0.711 bits per heavy atom. The van der Waals surface area contributed by atoms with E-state index in [2.05, 4.69) is 0 Å². The number of carboxylic acids is 2. The molecular formula is C28H24O10. The Morgan fingerprint density at radius 3 is 1.00 bits per heavy atom. The van der Waals surface area contributed by atoms with E-state index in [4.69, 9.17) is 20.4 Å². The summed E-state index contributed by atoms with van der Waals surface area (Å²) in [6.07, 6.45) is 0.767. The average Bonchev–Trinajstić information content (AvgIpc) is 2.86. The Bertz CT molecular complexity index is 1380. The van der Waals surface area contributed by atoms with Crippen LogP contribution in [-0.2, 0) is 12.8 Å². The highest BCUT2D eigenvalue weighted by molar-refractivity contribution is 5.91. The van der Waals surface area contributed by atoms with Crippen molar-refractivity contribution < 1.29 is 50.4 Å². The van der Waals surface area contributed by atoms with Gasteiger partial charge in [0.15, 0.2) is 23.0 Å². The number of hydrogen-bond acceptors (Lipinski definition) is 8. The van der Waals surface area contributed by atoms with Crippen LogP contribution in [0.25, 0.3) is 0 Å². The number of hydrogen-bond donors (Lipinski definition) is 8. The van der Waals surface area contributed by atoms with Crippen LogP contribution in [-0.4, -0.2) is 52.8 Å². The van der Waals surface area contributed by atoms with Crippen molar-refractivity contribution >= 4 is 11.9 Å². The van der Waals surface area contributed by atoms with Gasteiger partial charge in [-0.3, -0.25) is 0 Å². The van der Waals surface area contributed by atoms with Gasteiger partial charge in [-0.15, -0.1) is 0 Å². The van der Waals surface area contributed by atoms with Gasteiger partial charge < -0.3 is 40.9 Å². The molecule has 0 bridgehead atoms. The Kier molecular flexibility index (Phi) is 8.29. The summed E-state index contributed by atoms with van der Waals surface area (Å²) in [4.78, 5) is 21.9. The number of aromatic hydroxyl groups is 6. The van der Waals surface area contributed by atoms with Gasteiger partial charge in [0.05, 0.1) is 0 Å². The molecule has 0 aliphatic rings. The monoisotopic (exact) mass is 520 g/mol. The maximum atomic E-state index is 10.9. The Labute approximate surface area is 216 Å². The molecule has 4 rings (SSSR count). The van der Waals surface area contributed by atoms with E-state index in [9.17, 15) is 30.0 Å². The fraction of sp³-hybridized carbons (Fsp3) is 0.0714. The maximum Gasteiger partial charge on any atom is 0.339 e. The van der Waals surface area contributed by atoms with Crippen molar-refractivity contribution in [2.45, 2.75) is 12.8 Å². The first-order chi connectivity index (χ1) is 17.9. The molecule has 0 saturated heterocycles. The fourth-order valence-electron chi connectivity index (χ4n) is 3.56. The molecule has 38 heavy (non-hydrogen) atoms. The molecule has 10 nitrogen and oxygen atoms in total. The first-order valence-electron chi connectivity index (χ1n) is 11.1. The Hall–Kier alpha value is -5.38. The van der Waals surface area contributed by atoms with E-state index in [0.29, 0.717) is 17.5 Å². The van der Waals surface area contributed by atoms with E-state index in [1.165, 1.54) is 48.5 Å². The molecule has 0 saturated carbocycles. The van der Waals surface area contributed by atoms with Crippen LogP contribution in [0.2, 0.25) is 0 Å². The third-order valence-corrected chi connectivity index (χ3v) is 5.48. The summed E-state index contributed by atoms with van der Waals surface area (Å²) in [7, 11) is 0. The van der Waals surface area contributed by atoms with Crippen LogP contribution in [0.3, 0.4) is 0 Å². The topological polar surface area (TPSA) is 196 Å². The largest absolute Gasteiger partial charge is 0.507 e. The summed E-state index contributed by atoms with van der Waals surface area (Å²) in [6.45, 7) is 0. The number of carboxylic acid groups (broad SMARTS) is 2. The smallest absolute Gasteiger partial charge is 0.339 e. The molecule has 8 N–H and O–H groups in total. The van der Waals surface area contributed by atoms with Crippen LogP contribution < -0.4 is 0 Å². The molecule has 0 atom stereocenters. The van der Waals surface area contributed by atoms with Gasteiger partial charge in [-0.2, -0.15) is 0 Å². The van der Waals surface area contributed by atoms with E-state index in [0.717, 1.165) is 11.1 Å². The van der Waals surface area contributed by atoms with E-state index in [1.807, 2.05) is 0 Å². The molecule has 0 aliphatic carbocycles. The van der Waals surface area contributed by atoms with E-state index in [-0.39, 0.29) is 52.0 Å². The van der Waals surface area contributed by atoms with Crippen molar-refractivity contribution in [3.8, 4) is 34.5 Å². The molecule has 0 aromatic heterocycles. The van der Waals surface area contributed by atoms with Crippen LogP contribution in [0.5, 0.6) is 34.5 Å². The predicted octanol–water partition coefficient (Wildman–Crippen LogP) is 4.18. The van der Waals surface area contributed by atoms with Crippen LogP contribution in [0.1, 0.15) is 43.0 Å². The molecule has 0 amide bonds. The summed E-state index contributed by atoms with van der Waals surface area (Å²) in [5.41, 5.74) is 2.37. The number of phenols is 6. The molecular weight excluding hydrogens is 496 g/mol. The van der Waals surface area contributed by atoms with Crippen molar-refractivity contribution in [3.63, 3.8) is 0 Å². The minimum absolute atomic E-state index is 0.165. The van der Waals surface area contributed by atoms with Gasteiger partial charge in [0.1, 0.15) is 22.6 Å². The van der Waals surface area contributed by atoms with Crippen molar-refractivity contribution in [2.24, 2.45) is 0 Å². The van der Waals surface area contributed by atoms with Crippen molar-refractivity contribution in [1.29, 1.82) is 0 Å². The number of phenolic OH excluding ortho intramolecular Hbond substituents is 4. The lowest BCUT2D eigenvalue weighted by Gasteiger charge is -2.07. The van der Waals surface area contributed by atoms with Gasteiger partial charge in [-0.25, -0.2) is 9.59 Å². The molecule has 0 heterocycles. The van der Waals surface area contributed by atoms with Gasteiger partial charge in [-0.05, 0) is 83.6 Å². The Balaban J connectivity index is 0.000000215. The van der Waals surface area contributed by atoms with E-state index < -0.39 is 11.9 Å². The number of carbonyl (C=O) groups is 2. The van der Waals surface area contributed by atoms with Crippen molar-refractivity contribution in [3.05, 3.63) is 106 Å². The maximum absolute atomic E-state index is 10.9. The van der Waals surface area contributed by atoms with Gasteiger partial charge in [0, 0.05) is 0 Å². The molecule has 0 radical (unpaired) electrons. The molecule has 0 aliphatic heterocycles. The lowest BCUT2D eigenvalue weighted by atomic mass is 10.0. The summed E-state index contributed by atoms with van der Waals surface area (Å²) < 4.78 is 0. The van der Waals surface area contributed by atoms with Crippen LogP contribution in [0, 0.1) is 0 Å². The second-order valence-corrected chi connectivity index (χ2v) is 8.31. The summed E-state index contributed by atoms with van der Waals surface area (Å²) in [5.74, 6) is -3.83. The summed E-state index contributed by atoms with van der Waals surface area (Å²) in [6, 6.07) is 17.4. The van der Waals surface area contributed by atoms with Crippen LogP contribution in [0.4, 0.5) is 0 Å². The zero-order valence-corrected chi connectivity index (χ0v) is 19.7. The molecule has 4 aromatic rings. The SMILES string of the molecule is O=C(O)c1cc(Cc2ccc(O)c(C(=O)O)c2)ccc1O.Oc1ccc(Cc2ccc(O)c(O)c2)cc1O. The number of aromatic carboxylic acids is 2. The zero-order valence-electron chi connectivity index (χ0n) is 19.7. The highest BCUT2D eigenvalue weighted by Crippen LogP contribution is 2.29. The van der Waals surface area contributed by atoms with Gasteiger partial charge in [0.2, 0.25) is 0 Å². The molecule has 0 spiro atoms. The molecule has 196 valence electrons. The highest BCUT2D eigenvalue weighted by Gasteiger charge is 2.13. The first-order valence-corrected chi connectivity index (χ1v) is 11.1. The van der Waals surface area contributed by atoms with Gasteiger partial charge in [-0.1, -0.05) is 24.3 Å². The first kappa shape index (κ1) is 27.2. The van der Waals surface area contributed by atoms with E-state index in [1.54, 1.807) is 24.3 Å². The lowest BCUT2D eigenvalue weighted by Crippen LogP contribution is -2.01. The van der Waals surface area contributed by atoms with Crippen LogP contribution >= 0.6 is 0 Å². The molecule has 0 fully saturated rings. The molecule has 0 unspecified atom stereocenters. The quantitative estimate of drug-likeness (QED) is 0.171. The number of benzene rings is 4. The third-order valence-electron chi connectivity index (χ3n) is 5.48. The second kappa shape index (κ2) is 11.6. The zero-order chi connectivity index (χ0) is 28.0. The fourth-order valence-corrected chi connectivity index (χ4v) is 3.56. The third kappa shape index (κ3) is 6.85. The standard InChI is InChI=1S/C15H12O6.C13H12O4/c16-12-3-1-8(6-10(12)14(18)19)5-9-2-4-13(17)11(7-9)15(20)21;14-10-3-1-8(6-12(10)16)5-9-2-4-11(15)13(17)7-9/h1-4,6-7,16-17H,5H2,(H,18,19)(H,20,21);1-4,6-7,14-17H,5H2. The van der Waals surface area contributed by atoms with E-state index >= 15 is 0 Å². The van der Waals surface area contributed by atoms with Crippen LogP contribution in [0.15, 0.2) is 72.8 Å². The Morgan fingerprint density at radius 1 is 0.421 bits per heavy atom. The minimum atomic E-state index is -1.24. The average molecular weight is 520 g/mol. The lowest BCUT2D eigenvalue weighted by molar-refractivity contribution is 0.0682. The second-order valence-electron chi connectivity index (χ2n) is 8.31. The van der Waals surface area contributed by atoms with Gasteiger partial charge >= 0.3 is 11.9 Å². The summed E-state index contributed by atoms with van der Waals surface area (Å²) in [5, 5.41) is 73.8. The summed E-state index contributed by atoms with van der Waals surface area (Å²) >= 11 is 0. The van der Waals surface area contributed by atoms with Gasteiger partial charge in [0.25, 0.3) is 0 Å². The predicted molar refractivity (Wildman–Crippen MR) is 135 cm³/mol. The highest BCUT2D eigenvalue weighted by atomic mass is 16.4.